The second-order valence-electron chi connectivity index (χ2n) is 7.23. The van der Waals surface area contributed by atoms with E-state index in [1.54, 1.807) is 6.07 Å². The number of fused-ring (bicyclic) bond motifs is 1. The van der Waals surface area contributed by atoms with Crippen molar-refractivity contribution >= 4 is 23.4 Å². The van der Waals surface area contributed by atoms with Crippen molar-refractivity contribution in [1.29, 1.82) is 0 Å². The highest BCUT2D eigenvalue weighted by molar-refractivity contribution is 5.98. The monoisotopic (exact) mass is 356 g/mol. The fourth-order valence-corrected chi connectivity index (χ4v) is 4.10. The Hall–Kier alpha value is -2.41. The number of anilines is 1. The van der Waals surface area contributed by atoms with E-state index in [0.717, 1.165) is 37.2 Å². The van der Waals surface area contributed by atoms with Crippen LogP contribution in [0.5, 0.6) is 0 Å². The minimum absolute atomic E-state index is 0.0111. The average Bonchev–Trinajstić information content (AvgIpc) is 2.67. The second-order valence-corrected chi connectivity index (χ2v) is 7.23. The van der Waals surface area contributed by atoms with Gasteiger partial charge in [-0.15, -0.1) is 0 Å². The summed E-state index contributed by atoms with van der Waals surface area (Å²) in [7, 11) is 0. The summed E-state index contributed by atoms with van der Waals surface area (Å²) in [5.41, 5.74) is 2.48. The Kier molecular flexibility index (Phi) is 4.63. The smallest absolute Gasteiger partial charge is 0.253 e. The molecule has 0 spiro atoms. The van der Waals surface area contributed by atoms with Crippen LogP contribution in [0, 0.1) is 0 Å². The predicted molar refractivity (Wildman–Crippen MR) is 96.9 cm³/mol. The number of piperidine rings is 1. The van der Waals surface area contributed by atoms with Crippen LogP contribution in [0.15, 0.2) is 18.2 Å². The standard InChI is InChI=1S/C19H24N4O3/c24-17-6-4-13-10-14(3-5-16(13)21-17)19(26)22-8-1-2-15(12-22)23-9-7-20-11-18(23)25/h3,5,10,15,20H,1-2,4,6-9,11-12H2,(H,21,24). The number of amides is 3. The van der Waals surface area contributed by atoms with Gasteiger partial charge in [0.1, 0.15) is 0 Å². The molecule has 2 fully saturated rings. The van der Waals surface area contributed by atoms with Crippen LogP contribution in [0.2, 0.25) is 0 Å². The van der Waals surface area contributed by atoms with E-state index in [0.29, 0.717) is 38.0 Å². The van der Waals surface area contributed by atoms with Crippen LogP contribution in [0.25, 0.3) is 0 Å². The van der Waals surface area contributed by atoms with Gasteiger partial charge >= 0.3 is 0 Å². The van der Waals surface area contributed by atoms with Crippen LogP contribution >= 0.6 is 0 Å². The summed E-state index contributed by atoms with van der Waals surface area (Å²) in [6, 6.07) is 5.61. The summed E-state index contributed by atoms with van der Waals surface area (Å²) < 4.78 is 0. The Labute approximate surface area is 152 Å². The van der Waals surface area contributed by atoms with E-state index in [4.69, 9.17) is 0 Å². The molecule has 3 amide bonds. The maximum Gasteiger partial charge on any atom is 0.253 e. The number of nitrogens with zero attached hydrogens (tertiary/aromatic N) is 2. The first-order chi connectivity index (χ1) is 12.6. The summed E-state index contributed by atoms with van der Waals surface area (Å²) in [6.07, 6.45) is 2.99. The summed E-state index contributed by atoms with van der Waals surface area (Å²) >= 11 is 0. The molecule has 0 aromatic heterocycles. The summed E-state index contributed by atoms with van der Waals surface area (Å²) in [6.45, 7) is 3.24. The Bertz CT molecular complexity index is 748. The lowest BCUT2D eigenvalue weighted by molar-refractivity contribution is -0.135. The van der Waals surface area contributed by atoms with Crippen molar-refractivity contribution in [2.24, 2.45) is 0 Å². The normalized spacial score (nSPS) is 23.5. The zero-order valence-electron chi connectivity index (χ0n) is 14.8. The summed E-state index contributed by atoms with van der Waals surface area (Å²) in [5.74, 6) is 0.160. The highest BCUT2D eigenvalue weighted by Crippen LogP contribution is 2.25. The van der Waals surface area contributed by atoms with Gasteiger partial charge in [-0.1, -0.05) is 0 Å². The van der Waals surface area contributed by atoms with Crippen LogP contribution in [0.4, 0.5) is 5.69 Å². The van der Waals surface area contributed by atoms with Crippen LogP contribution in [-0.4, -0.2) is 66.3 Å². The number of hydrogen-bond acceptors (Lipinski definition) is 4. The Morgan fingerprint density at radius 2 is 2.04 bits per heavy atom. The number of carbonyl (C=O) groups excluding carboxylic acids is 3. The topological polar surface area (TPSA) is 81.8 Å². The quantitative estimate of drug-likeness (QED) is 0.813. The molecule has 2 N–H and O–H groups in total. The van der Waals surface area contributed by atoms with E-state index >= 15 is 0 Å². The first-order valence-corrected chi connectivity index (χ1v) is 9.34. The Balaban J connectivity index is 1.47. The number of hydrogen-bond donors (Lipinski definition) is 2. The van der Waals surface area contributed by atoms with E-state index in [9.17, 15) is 14.4 Å². The van der Waals surface area contributed by atoms with Crippen LogP contribution < -0.4 is 10.6 Å². The third-order valence-electron chi connectivity index (χ3n) is 5.50. The van der Waals surface area contributed by atoms with Gasteiger partial charge in [0.2, 0.25) is 11.8 Å². The minimum Gasteiger partial charge on any atom is -0.337 e. The molecular weight excluding hydrogens is 332 g/mol. The molecule has 26 heavy (non-hydrogen) atoms. The lowest BCUT2D eigenvalue weighted by atomic mass is 9.98. The molecule has 0 saturated carbocycles. The van der Waals surface area contributed by atoms with Crippen molar-refractivity contribution in [2.75, 3.05) is 38.0 Å². The largest absolute Gasteiger partial charge is 0.337 e. The van der Waals surface area contributed by atoms with Crippen molar-refractivity contribution in [1.82, 2.24) is 15.1 Å². The molecule has 7 nitrogen and oxygen atoms in total. The van der Waals surface area contributed by atoms with Crippen LogP contribution in [-0.2, 0) is 16.0 Å². The summed E-state index contributed by atoms with van der Waals surface area (Å²) in [5, 5.41) is 5.94. The maximum absolute atomic E-state index is 13.0. The van der Waals surface area contributed by atoms with Gasteiger partial charge in [-0.2, -0.15) is 0 Å². The Morgan fingerprint density at radius 3 is 2.88 bits per heavy atom. The van der Waals surface area contributed by atoms with E-state index in [1.807, 2.05) is 21.9 Å². The first kappa shape index (κ1) is 17.0. The van der Waals surface area contributed by atoms with Gasteiger partial charge in [0.15, 0.2) is 0 Å². The van der Waals surface area contributed by atoms with Crippen molar-refractivity contribution < 1.29 is 14.4 Å². The van der Waals surface area contributed by atoms with E-state index in [1.165, 1.54) is 0 Å². The van der Waals surface area contributed by atoms with Crippen molar-refractivity contribution in [3.8, 4) is 0 Å². The summed E-state index contributed by atoms with van der Waals surface area (Å²) in [4.78, 5) is 40.4. The molecule has 7 heteroatoms. The second kappa shape index (κ2) is 7.07. The molecular formula is C19H24N4O3. The minimum atomic E-state index is 0.0111. The molecule has 3 heterocycles. The SMILES string of the molecule is O=C1CCc2cc(C(=O)N3CCCC(N4CCNCC4=O)C3)ccc2N1. The fourth-order valence-electron chi connectivity index (χ4n) is 4.10. The number of carbonyl (C=O) groups is 3. The highest BCUT2D eigenvalue weighted by atomic mass is 16.2. The third kappa shape index (κ3) is 3.31. The molecule has 1 aromatic rings. The average molecular weight is 356 g/mol. The molecule has 1 unspecified atom stereocenters. The van der Waals surface area contributed by atoms with E-state index in [-0.39, 0.29) is 23.8 Å². The molecule has 1 atom stereocenters. The van der Waals surface area contributed by atoms with Crippen molar-refractivity contribution in [3.63, 3.8) is 0 Å². The Morgan fingerprint density at radius 1 is 1.15 bits per heavy atom. The van der Waals surface area contributed by atoms with Crippen molar-refractivity contribution in [3.05, 3.63) is 29.3 Å². The zero-order valence-corrected chi connectivity index (χ0v) is 14.8. The molecule has 2 saturated heterocycles. The van der Waals surface area contributed by atoms with Gasteiger partial charge in [0.25, 0.3) is 5.91 Å². The predicted octanol–water partition coefficient (Wildman–Crippen LogP) is 0.608. The molecule has 138 valence electrons. The van der Waals surface area contributed by atoms with Gasteiger partial charge in [0.05, 0.1) is 6.54 Å². The maximum atomic E-state index is 13.0. The van der Waals surface area contributed by atoms with Crippen molar-refractivity contribution in [2.45, 2.75) is 31.7 Å². The van der Waals surface area contributed by atoms with Gasteiger partial charge < -0.3 is 20.4 Å². The molecule has 0 radical (unpaired) electrons. The van der Waals surface area contributed by atoms with Gasteiger partial charge in [-0.25, -0.2) is 0 Å². The molecule has 1 aromatic carbocycles. The fraction of sp³-hybridized carbons (Fsp3) is 0.526. The van der Waals surface area contributed by atoms with E-state index < -0.39 is 0 Å². The molecule has 0 bridgehead atoms. The zero-order chi connectivity index (χ0) is 18.1. The lowest BCUT2D eigenvalue weighted by Gasteiger charge is -2.41. The molecule has 4 rings (SSSR count). The number of aryl methyl sites for hydroxylation is 1. The number of benzene rings is 1. The first-order valence-electron chi connectivity index (χ1n) is 9.34. The molecule has 3 aliphatic heterocycles. The third-order valence-corrected chi connectivity index (χ3v) is 5.50. The van der Waals surface area contributed by atoms with Gasteiger partial charge in [-0.3, -0.25) is 14.4 Å². The van der Waals surface area contributed by atoms with Crippen LogP contribution in [0.1, 0.15) is 35.2 Å². The molecule has 0 aliphatic carbocycles. The number of rotatable bonds is 2. The number of nitrogens with one attached hydrogen (secondary N) is 2. The van der Waals surface area contributed by atoms with Crippen LogP contribution in [0.3, 0.4) is 0 Å². The number of piperazine rings is 1. The number of likely N-dealkylation sites (tertiary alicyclic amines) is 1. The van der Waals surface area contributed by atoms with Gasteiger partial charge in [-0.05, 0) is 43.0 Å². The van der Waals surface area contributed by atoms with Gasteiger partial charge in [0, 0.05) is 49.9 Å². The molecule has 3 aliphatic rings. The highest BCUT2D eigenvalue weighted by Gasteiger charge is 2.32. The van der Waals surface area contributed by atoms with E-state index in [2.05, 4.69) is 10.6 Å². The lowest BCUT2D eigenvalue weighted by Crippen LogP contribution is -2.57.